The molecule has 0 aliphatic heterocycles. The van der Waals surface area contributed by atoms with Gasteiger partial charge in [0.15, 0.2) is 0 Å². The zero-order valence-electron chi connectivity index (χ0n) is 11.9. The molecule has 21 heavy (non-hydrogen) atoms. The summed E-state index contributed by atoms with van der Waals surface area (Å²) >= 11 is 1.69. The van der Waals surface area contributed by atoms with Gasteiger partial charge in [0.2, 0.25) is 5.91 Å². The van der Waals surface area contributed by atoms with Crippen molar-refractivity contribution in [2.24, 2.45) is 0 Å². The molecule has 2 rings (SSSR count). The van der Waals surface area contributed by atoms with E-state index in [-0.39, 0.29) is 5.91 Å². The number of carbonyl (C=O) groups excluding carboxylic acids is 1. The quantitative estimate of drug-likeness (QED) is 0.892. The smallest absolute Gasteiger partial charge is 0.238 e. The van der Waals surface area contributed by atoms with Crippen LogP contribution in [-0.2, 0) is 11.3 Å². The number of hydrogen-bond acceptors (Lipinski definition) is 4. The molecular weight excluding hydrogens is 282 g/mol. The van der Waals surface area contributed by atoms with E-state index in [0.29, 0.717) is 17.8 Å². The first kappa shape index (κ1) is 15.2. The lowest BCUT2D eigenvalue weighted by Crippen LogP contribution is -2.32. The summed E-state index contributed by atoms with van der Waals surface area (Å²) < 4.78 is 0. The Morgan fingerprint density at radius 2 is 2.14 bits per heavy atom. The molecule has 0 saturated heterocycles. The Bertz CT molecular complexity index is 631. The van der Waals surface area contributed by atoms with Crippen molar-refractivity contribution in [1.82, 2.24) is 4.90 Å². The van der Waals surface area contributed by atoms with Crippen LogP contribution in [0.3, 0.4) is 0 Å². The molecule has 0 fully saturated rings. The highest BCUT2D eigenvalue weighted by molar-refractivity contribution is 7.09. The monoisotopic (exact) mass is 299 g/mol. The predicted octanol–water partition coefficient (Wildman–Crippen LogP) is 3.08. The number of hydrogen-bond donors (Lipinski definition) is 1. The summed E-state index contributed by atoms with van der Waals surface area (Å²) in [5.41, 5.74) is 1.05. The number of thiophene rings is 1. The number of nitrogens with one attached hydrogen (secondary N) is 1. The second-order valence-corrected chi connectivity index (χ2v) is 5.62. The van der Waals surface area contributed by atoms with Crippen LogP contribution in [0.2, 0.25) is 0 Å². The lowest BCUT2D eigenvalue weighted by atomic mass is 10.2. The van der Waals surface area contributed by atoms with E-state index in [1.165, 1.54) is 4.88 Å². The first-order valence-electron chi connectivity index (χ1n) is 6.76. The van der Waals surface area contributed by atoms with Crippen LogP contribution < -0.4 is 5.32 Å². The molecular formula is C16H17N3OS. The third-order valence-corrected chi connectivity index (χ3v) is 3.96. The topological polar surface area (TPSA) is 56.1 Å². The van der Waals surface area contributed by atoms with E-state index in [2.05, 4.69) is 22.4 Å². The van der Waals surface area contributed by atoms with Crippen LogP contribution in [0.5, 0.6) is 0 Å². The summed E-state index contributed by atoms with van der Waals surface area (Å²) in [6, 6.07) is 13.2. The minimum absolute atomic E-state index is 0.101. The fourth-order valence-electron chi connectivity index (χ4n) is 1.98. The number of rotatable bonds is 6. The average Bonchev–Trinajstić information content (AvgIpc) is 3.00. The first-order chi connectivity index (χ1) is 10.2. The fraction of sp³-hybridized carbons (Fsp3) is 0.250. The lowest BCUT2D eigenvalue weighted by molar-refractivity contribution is -0.117. The van der Waals surface area contributed by atoms with E-state index in [9.17, 15) is 4.79 Å². The molecule has 1 N–H and O–H groups in total. The van der Waals surface area contributed by atoms with Gasteiger partial charge >= 0.3 is 0 Å². The number of amides is 1. The van der Waals surface area contributed by atoms with E-state index >= 15 is 0 Å². The van der Waals surface area contributed by atoms with Gasteiger partial charge in [0, 0.05) is 11.4 Å². The van der Waals surface area contributed by atoms with Gasteiger partial charge in [-0.05, 0) is 30.1 Å². The van der Waals surface area contributed by atoms with Gasteiger partial charge in [-0.2, -0.15) is 5.26 Å². The first-order valence-corrected chi connectivity index (χ1v) is 7.64. The molecule has 1 aromatic carbocycles. The standard InChI is InChI=1S/C16H17N3OS/c1-2-19(11-14-7-5-9-21-14)12-16(20)18-15-8-4-3-6-13(15)10-17/h3-9H,2,11-12H2,1H3,(H,18,20). The highest BCUT2D eigenvalue weighted by Crippen LogP contribution is 2.14. The zero-order valence-corrected chi connectivity index (χ0v) is 12.7. The van der Waals surface area contributed by atoms with Gasteiger partial charge in [0.1, 0.15) is 6.07 Å². The Hall–Kier alpha value is -2.16. The summed E-state index contributed by atoms with van der Waals surface area (Å²) in [6.45, 7) is 3.91. The van der Waals surface area contributed by atoms with Crippen molar-refractivity contribution in [3.63, 3.8) is 0 Å². The molecule has 1 amide bonds. The van der Waals surface area contributed by atoms with Crippen molar-refractivity contribution in [3.05, 3.63) is 52.2 Å². The number of anilines is 1. The number of benzene rings is 1. The van der Waals surface area contributed by atoms with Crippen molar-refractivity contribution in [1.29, 1.82) is 5.26 Å². The maximum Gasteiger partial charge on any atom is 0.238 e. The summed E-state index contributed by atoms with van der Waals surface area (Å²) in [4.78, 5) is 15.4. The van der Waals surface area contributed by atoms with Crippen LogP contribution in [0.15, 0.2) is 41.8 Å². The Kier molecular flexibility index (Phi) is 5.50. The SMILES string of the molecule is CCN(CC(=O)Nc1ccccc1C#N)Cc1cccs1. The Balaban J connectivity index is 1.95. The van der Waals surface area contributed by atoms with Gasteiger partial charge in [-0.3, -0.25) is 9.69 Å². The summed E-state index contributed by atoms with van der Waals surface area (Å²) in [5.74, 6) is -0.101. The third kappa shape index (κ3) is 4.42. The van der Waals surface area contributed by atoms with Gasteiger partial charge in [0.25, 0.3) is 0 Å². The normalized spacial score (nSPS) is 10.3. The van der Waals surface area contributed by atoms with Crippen LogP contribution in [0, 0.1) is 11.3 Å². The number of likely N-dealkylation sites (N-methyl/N-ethyl adjacent to an activating group) is 1. The van der Waals surface area contributed by atoms with Crippen LogP contribution in [0.4, 0.5) is 5.69 Å². The molecule has 0 atom stereocenters. The molecule has 0 spiro atoms. The zero-order chi connectivity index (χ0) is 15.1. The van der Waals surface area contributed by atoms with Crippen LogP contribution in [0.1, 0.15) is 17.4 Å². The minimum atomic E-state index is -0.101. The molecule has 1 heterocycles. The molecule has 108 valence electrons. The van der Waals surface area contributed by atoms with Crippen molar-refractivity contribution >= 4 is 22.9 Å². The van der Waals surface area contributed by atoms with Crippen molar-refractivity contribution in [2.75, 3.05) is 18.4 Å². The van der Waals surface area contributed by atoms with Gasteiger partial charge in [-0.15, -0.1) is 11.3 Å². The number of carbonyl (C=O) groups is 1. The molecule has 0 radical (unpaired) electrons. The fourth-order valence-corrected chi connectivity index (χ4v) is 2.73. The third-order valence-electron chi connectivity index (χ3n) is 3.10. The van der Waals surface area contributed by atoms with E-state index in [1.807, 2.05) is 18.4 Å². The van der Waals surface area contributed by atoms with Crippen molar-refractivity contribution in [2.45, 2.75) is 13.5 Å². The molecule has 0 aliphatic rings. The van der Waals surface area contributed by atoms with Gasteiger partial charge < -0.3 is 5.32 Å². The molecule has 0 aliphatic carbocycles. The summed E-state index contributed by atoms with van der Waals surface area (Å²) in [7, 11) is 0. The molecule has 5 heteroatoms. The van der Waals surface area contributed by atoms with E-state index in [4.69, 9.17) is 5.26 Å². The maximum absolute atomic E-state index is 12.1. The van der Waals surface area contributed by atoms with Crippen LogP contribution in [0.25, 0.3) is 0 Å². The Morgan fingerprint density at radius 1 is 1.33 bits per heavy atom. The molecule has 0 saturated carbocycles. The molecule has 0 bridgehead atoms. The summed E-state index contributed by atoms with van der Waals surface area (Å²) in [5, 5.41) is 13.9. The second kappa shape index (κ2) is 7.58. The minimum Gasteiger partial charge on any atom is -0.324 e. The number of nitriles is 1. The Labute approximate surface area is 128 Å². The predicted molar refractivity (Wildman–Crippen MR) is 85.1 cm³/mol. The van der Waals surface area contributed by atoms with E-state index < -0.39 is 0 Å². The number of nitrogens with zero attached hydrogens (tertiary/aromatic N) is 2. The highest BCUT2D eigenvalue weighted by Gasteiger charge is 2.11. The van der Waals surface area contributed by atoms with Crippen LogP contribution in [-0.4, -0.2) is 23.9 Å². The van der Waals surface area contributed by atoms with Gasteiger partial charge in [0.05, 0.1) is 17.8 Å². The lowest BCUT2D eigenvalue weighted by Gasteiger charge is -2.19. The highest BCUT2D eigenvalue weighted by atomic mass is 32.1. The van der Waals surface area contributed by atoms with Crippen molar-refractivity contribution in [3.8, 4) is 6.07 Å². The molecule has 2 aromatic rings. The second-order valence-electron chi connectivity index (χ2n) is 4.59. The molecule has 4 nitrogen and oxygen atoms in total. The van der Waals surface area contributed by atoms with Crippen LogP contribution >= 0.6 is 11.3 Å². The molecule has 1 aromatic heterocycles. The van der Waals surface area contributed by atoms with E-state index in [0.717, 1.165) is 13.1 Å². The van der Waals surface area contributed by atoms with Crippen molar-refractivity contribution < 1.29 is 4.79 Å². The number of para-hydroxylation sites is 1. The summed E-state index contributed by atoms with van der Waals surface area (Å²) in [6.07, 6.45) is 0. The maximum atomic E-state index is 12.1. The van der Waals surface area contributed by atoms with E-state index in [1.54, 1.807) is 35.6 Å². The van der Waals surface area contributed by atoms with Gasteiger partial charge in [-0.25, -0.2) is 0 Å². The molecule has 0 unspecified atom stereocenters. The van der Waals surface area contributed by atoms with Gasteiger partial charge in [-0.1, -0.05) is 25.1 Å². The average molecular weight is 299 g/mol. The largest absolute Gasteiger partial charge is 0.324 e. The Morgan fingerprint density at radius 3 is 2.81 bits per heavy atom.